The highest BCUT2D eigenvalue weighted by Crippen LogP contribution is 2.13. The van der Waals surface area contributed by atoms with E-state index in [1.165, 1.54) is 11.3 Å². The van der Waals surface area contributed by atoms with E-state index in [-0.39, 0.29) is 18.4 Å². The van der Waals surface area contributed by atoms with Crippen molar-refractivity contribution in [1.29, 1.82) is 0 Å². The molecule has 19 heavy (non-hydrogen) atoms. The number of thiazole rings is 1. The fourth-order valence-electron chi connectivity index (χ4n) is 1.64. The zero-order valence-corrected chi connectivity index (χ0v) is 11.9. The molecule has 1 rings (SSSR count). The number of rotatable bonds is 7. The average Bonchev–Trinajstić information content (AvgIpc) is 2.81. The molecule has 1 aromatic heterocycles. The molecule has 0 saturated carbocycles. The number of hydrogen-bond donors (Lipinski definition) is 2. The Hall–Kier alpha value is -1.47. The van der Waals surface area contributed by atoms with Crippen molar-refractivity contribution in [2.45, 2.75) is 39.3 Å². The van der Waals surface area contributed by atoms with Gasteiger partial charge in [0.1, 0.15) is 10.7 Å². The summed E-state index contributed by atoms with van der Waals surface area (Å²) in [5, 5.41) is 11.0. The predicted octanol–water partition coefficient (Wildman–Crippen LogP) is 1.32. The van der Waals surface area contributed by atoms with Crippen LogP contribution in [-0.2, 0) is 11.3 Å². The second-order valence-corrected chi connectivity index (χ2v) is 5.36. The van der Waals surface area contributed by atoms with Crippen LogP contribution >= 0.6 is 11.3 Å². The summed E-state index contributed by atoms with van der Waals surface area (Å²) < 4.78 is 0. The molecule has 0 unspecified atom stereocenters. The van der Waals surface area contributed by atoms with Crippen LogP contribution in [0.3, 0.4) is 0 Å². The maximum absolute atomic E-state index is 12.3. The largest absolute Gasteiger partial charge is 0.481 e. The third-order valence-corrected chi connectivity index (χ3v) is 3.49. The number of nitrogens with zero attached hydrogens (tertiary/aromatic N) is 2. The molecule has 6 nitrogen and oxygen atoms in total. The van der Waals surface area contributed by atoms with Gasteiger partial charge in [-0.25, -0.2) is 4.98 Å². The molecular weight excluding hydrogens is 266 g/mol. The monoisotopic (exact) mass is 285 g/mol. The number of carboxylic acids is 1. The van der Waals surface area contributed by atoms with Crippen LogP contribution in [0, 0.1) is 0 Å². The standard InChI is InChI=1S/C12H19N3O3S/c1-8(2)15(5-3-4-11(16)17)12(18)9-7-19-10(6-13)14-9/h7-8H,3-6,13H2,1-2H3,(H,16,17). The van der Waals surface area contributed by atoms with Crippen LogP contribution in [-0.4, -0.2) is 39.5 Å². The topological polar surface area (TPSA) is 96.5 Å². The minimum Gasteiger partial charge on any atom is -0.481 e. The number of carbonyl (C=O) groups is 2. The highest BCUT2D eigenvalue weighted by atomic mass is 32.1. The van der Waals surface area contributed by atoms with Crippen LogP contribution in [0.1, 0.15) is 42.2 Å². The summed E-state index contributed by atoms with van der Waals surface area (Å²) >= 11 is 1.36. The van der Waals surface area contributed by atoms with Crippen molar-refractivity contribution < 1.29 is 14.7 Å². The number of carboxylic acid groups (broad SMARTS) is 1. The molecule has 0 aliphatic rings. The van der Waals surface area contributed by atoms with Crippen LogP contribution in [0.15, 0.2) is 5.38 Å². The van der Waals surface area contributed by atoms with Crippen molar-refractivity contribution in [2.24, 2.45) is 5.73 Å². The maximum Gasteiger partial charge on any atom is 0.303 e. The van der Waals surface area contributed by atoms with Gasteiger partial charge in [0.05, 0.1) is 0 Å². The molecule has 0 fully saturated rings. The summed E-state index contributed by atoms with van der Waals surface area (Å²) in [5.74, 6) is -1.02. The highest BCUT2D eigenvalue weighted by molar-refractivity contribution is 7.09. The van der Waals surface area contributed by atoms with Gasteiger partial charge in [-0.05, 0) is 20.3 Å². The molecule has 0 radical (unpaired) electrons. The lowest BCUT2D eigenvalue weighted by Gasteiger charge is -2.25. The maximum atomic E-state index is 12.3. The van der Waals surface area contributed by atoms with E-state index in [9.17, 15) is 9.59 Å². The molecular formula is C12H19N3O3S. The fourth-order valence-corrected chi connectivity index (χ4v) is 2.29. The van der Waals surface area contributed by atoms with E-state index in [0.717, 1.165) is 5.01 Å². The summed E-state index contributed by atoms with van der Waals surface area (Å²) in [7, 11) is 0. The van der Waals surface area contributed by atoms with Gasteiger partial charge >= 0.3 is 5.97 Å². The van der Waals surface area contributed by atoms with Crippen molar-refractivity contribution in [1.82, 2.24) is 9.88 Å². The quantitative estimate of drug-likeness (QED) is 0.787. The van der Waals surface area contributed by atoms with Gasteiger partial charge in [0, 0.05) is 30.9 Å². The van der Waals surface area contributed by atoms with Gasteiger partial charge in [0.15, 0.2) is 0 Å². The Bertz CT molecular complexity index is 445. The molecule has 1 amide bonds. The molecule has 0 saturated heterocycles. The lowest BCUT2D eigenvalue weighted by molar-refractivity contribution is -0.137. The number of aromatic nitrogens is 1. The lowest BCUT2D eigenvalue weighted by Crippen LogP contribution is -2.38. The van der Waals surface area contributed by atoms with E-state index in [0.29, 0.717) is 25.2 Å². The molecule has 3 N–H and O–H groups in total. The Labute approximate surface area is 116 Å². The fraction of sp³-hybridized carbons (Fsp3) is 0.583. The van der Waals surface area contributed by atoms with Crippen molar-refractivity contribution >= 4 is 23.2 Å². The highest BCUT2D eigenvalue weighted by Gasteiger charge is 2.21. The molecule has 0 aliphatic carbocycles. The minimum absolute atomic E-state index is 0.00400. The second-order valence-electron chi connectivity index (χ2n) is 4.42. The summed E-state index contributed by atoms with van der Waals surface area (Å²) in [6, 6.07) is 0.00400. The van der Waals surface area contributed by atoms with Crippen LogP contribution in [0.4, 0.5) is 0 Å². The number of aliphatic carboxylic acids is 1. The Morgan fingerprint density at radius 2 is 2.21 bits per heavy atom. The molecule has 0 spiro atoms. The first-order chi connectivity index (χ1) is 8.95. The predicted molar refractivity (Wildman–Crippen MR) is 73.0 cm³/mol. The smallest absolute Gasteiger partial charge is 0.303 e. The first-order valence-corrected chi connectivity index (χ1v) is 7.01. The normalized spacial score (nSPS) is 10.7. The van der Waals surface area contributed by atoms with Crippen LogP contribution in [0.2, 0.25) is 0 Å². The molecule has 1 heterocycles. The molecule has 106 valence electrons. The number of nitrogens with two attached hydrogens (primary N) is 1. The van der Waals surface area contributed by atoms with Gasteiger partial charge in [-0.2, -0.15) is 0 Å². The van der Waals surface area contributed by atoms with Crippen molar-refractivity contribution in [3.63, 3.8) is 0 Å². The van der Waals surface area contributed by atoms with E-state index in [2.05, 4.69) is 4.98 Å². The summed E-state index contributed by atoms with van der Waals surface area (Å²) in [6.45, 7) is 4.53. The second kappa shape index (κ2) is 7.20. The summed E-state index contributed by atoms with van der Waals surface area (Å²) in [5.41, 5.74) is 5.85. The Morgan fingerprint density at radius 1 is 1.53 bits per heavy atom. The van der Waals surface area contributed by atoms with Crippen molar-refractivity contribution in [3.8, 4) is 0 Å². The van der Waals surface area contributed by atoms with Gasteiger partial charge in [-0.3, -0.25) is 9.59 Å². The van der Waals surface area contributed by atoms with Gasteiger partial charge in [-0.15, -0.1) is 11.3 Å². The molecule has 1 aromatic rings. The van der Waals surface area contributed by atoms with Gasteiger partial charge in [0.25, 0.3) is 5.91 Å². The van der Waals surface area contributed by atoms with Gasteiger partial charge < -0.3 is 15.7 Å². The third kappa shape index (κ3) is 4.60. The average molecular weight is 285 g/mol. The first-order valence-electron chi connectivity index (χ1n) is 6.13. The SMILES string of the molecule is CC(C)N(CCCC(=O)O)C(=O)c1csc(CN)n1. The summed E-state index contributed by atoms with van der Waals surface area (Å²) in [6.07, 6.45) is 0.495. The van der Waals surface area contributed by atoms with E-state index < -0.39 is 5.97 Å². The van der Waals surface area contributed by atoms with E-state index in [1.807, 2.05) is 13.8 Å². The van der Waals surface area contributed by atoms with E-state index in [4.69, 9.17) is 10.8 Å². The molecule has 0 bridgehead atoms. The molecule has 7 heteroatoms. The molecule has 0 atom stereocenters. The van der Waals surface area contributed by atoms with Gasteiger partial charge in [-0.1, -0.05) is 0 Å². The first kappa shape index (κ1) is 15.6. The number of carbonyl (C=O) groups excluding carboxylic acids is 1. The zero-order valence-electron chi connectivity index (χ0n) is 11.1. The van der Waals surface area contributed by atoms with E-state index in [1.54, 1.807) is 10.3 Å². The zero-order chi connectivity index (χ0) is 14.4. The van der Waals surface area contributed by atoms with Crippen molar-refractivity contribution in [2.75, 3.05) is 6.54 Å². The minimum atomic E-state index is -0.852. The van der Waals surface area contributed by atoms with E-state index >= 15 is 0 Å². The Kier molecular flexibility index (Phi) is 5.91. The molecule has 0 aliphatic heterocycles. The van der Waals surface area contributed by atoms with Crippen LogP contribution < -0.4 is 5.73 Å². The number of hydrogen-bond acceptors (Lipinski definition) is 5. The van der Waals surface area contributed by atoms with Gasteiger partial charge in [0.2, 0.25) is 0 Å². The van der Waals surface area contributed by atoms with Crippen molar-refractivity contribution in [3.05, 3.63) is 16.1 Å². The lowest BCUT2D eigenvalue weighted by atomic mass is 10.2. The third-order valence-electron chi connectivity index (χ3n) is 2.62. The Balaban J connectivity index is 2.69. The van der Waals surface area contributed by atoms with Crippen LogP contribution in [0.5, 0.6) is 0 Å². The molecule has 0 aromatic carbocycles. The van der Waals surface area contributed by atoms with Crippen LogP contribution in [0.25, 0.3) is 0 Å². The number of amides is 1. The summed E-state index contributed by atoms with van der Waals surface area (Å²) in [4.78, 5) is 28.6. The Morgan fingerprint density at radius 3 is 2.68 bits per heavy atom.